The van der Waals surface area contributed by atoms with Crippen LogP contribution in [-0.2, 0) is 11.3 Å². The van der Waals surface area contributed by atoms with Crippen molar-refractivity contribution >= 4 is 0 Å². The summed E-state index contributed by atoms with van der Waals surface area (Å²) < 4.78 is 20.1. The lowest BCUT2D eigenvalue weighted by Gasteiger charge is -2.14. The van der Waals surface area contributed by atoms with Crippen molar-refractivity contribution in [3.63, 3.8) is 0 Å². The van der Waals surface area contributed by atoms with E-state index in [4.69, 9.17) is 16.2 Å². The van der Waals surface area contributed by atoms with E-state index in [0.717, 1.165) is 49.7 Å². The summed E-state index contributed by atoms with van der Waals surface area (Å²) in [5.41, 5.74) is 15.4. The number of allylic oxidation sites excluding steroid dienone is 3. The van der Waals surface area contributed by atoms with Gasteiger partial charge in [-0.15, -0.1) is 0 Å². The van der Waals surface area contributed by atoms with Crippen molar-refractivity contribution in [2.45, 2.75) is 64.9 Å². The van der Waals surface area contributed by atoms with Gasteiger partial charge in [-0.25, -0.2) is 4.39 Å². The van der Waals surface area contributed by atoms with E-state index >= 15 is 0 Å². The van der Waals surface area contributed by atoms with Gasteiger partial charge in [-0.3, -0.25) is 4.98 Å². The fraction of sp³-hybridized carbons (Fsp3) is 0.476. The van der Waals surface area contributed by atoms with Crippen molar-refractivity contribution in [1.82, 2.24) is 4.98 Å². The van der Waals surface area contributed by atoms with Gasteiger partial charge in [0.05, 0.1) is 5.70 Å². The maximum absolute atomic E-state index is 14.3. The van der Waals surface area contributed by atoms with Gasteiger partial charge >= 0.3 is 0 Å². The minimum atomic E-state index is -0.342. The molecule has 0 saturated heterocycles. The topological polar surface area (TPSA) is 74.2 Å². The molecule has 1 saturated carbocycles. The summed E-state index contributed by atoms with van der Waals surface area (Å²) >= 11 is 0. The van der Waals surface area contributed by atoms with Crippen LogP contribution in [0, 0.1) is 5.82 Å². The molecule has 2 rings (SSSR count). The number of pyridine rings is 1. The van der Waals surface area contributed by atoms with E-state index in [0.29, 0.717) is 23.1 Å². The Morgan fingerprint density at radius 2 is 2.00 bits per heavy atom. The SMILES string of the molecule is C=C(CCC)/C(N)=C(\C=C(\N)CCC)OCc1ncc(C2CC2)cc1F. The van der Waals surface area contributed by atoms with Gasteiger partial charge in [0.25, 0.3) is 0 Å². The number of aromatic nitrogens is 1. The molecule has 4 N–H and O–H groups in total. The van der Waals surface area contributed by atoms with E-state index in [-0.39, 0.29) is 18.1 Å². The molecule has 1 aromatic rings. The lowest BCUT2D eigenvalue weighted by atomic mass is 10.1. The van der Waals surface area contributed by atoms with Crippen molar-refractivity contribution in [3.8, 4) is 0 Å². The van der Waals surface area contributed by atoms with E-state index in [1.165, 1.54) is 0 Å². The van der Waals surface area contributed by atoms with E-state index in [2.05, 4.69) is 18.5 Å². The van der Waals surface area contributed by atoms with Crippen LogP contribution in [0.15, 0.2) is 47.6 Å². The van der Waals surface area contributed by atoms with E-state index in [1.807, 2.05) is 6.92 Å². The Kier molecular flexibility index (Phi) is 7.25. The van der Waals surface area contributed by atoms with Gasteiger partial charge < -0.3 is 16.2 Å². The average molecular weight is 359 g/mol. The smallest absolute Gasteiger partial charge is 0.148 e. The van der Waals surface area contributed by atoms with E-state index in [9.17, 15) is 4.39 Å². The number of nitrogens with two attached hydrogens (primary N) is 2. The highest BCUT2D eigenvalue weighted by Crippen LogP contribution is 2.40. The number of halogens is 1. The Morgan fingerprint density at radius 1 is 1.31 bits per heavy atom. The molecular weight excluding hydrogens is 329 g/mol. The van der Waals surface area contributed by atoms with Crippen LogP contribution in [0.25, 0.3) is 0 Å². The zero-order chi connectivity index (χ0) is 19.1. The first kappa shape index (κ1) is 20.0. The molecule has 0 bridgehead atoms. The molecule has 0 spiro atoms. The number of nitrogens with zero attached hydrogens (tertiary/aromatic N) is 1. The van der Waals surface area contributed by atoms with Gasteiger partial charge in [0.2, 0.25) is 0 Å². The maximum Gasteiger partial charge on any atom is 0.148 e. The van der Waals surface area contributed by atoms with E-state index < -0.39 is 0 Å². The Morgan fingerprint density at radius 3 is 2.58 bits per heavy atom. The Hall–Kier alpha value is -2.30. The molecule has 0 atom stereocenters. The summed E-state index contributed by atoms with van der Waals surface area (Å²) in [6.45, 7) is 8.11. The van der Waals surface area contributed by atoms with Crippen molar-refractivity contribution in [2.24, 2.45) is 11.5 Å². The molecule has 5 heteroatoms. The fourth-order valence-corrected chi connectivity index (χ4v) is 2.71. The third-order valence-corrected chi connectivity index (χ3v) is 4.40. The number of hydrogen-bond donors (Lipinski definition) is 2. The molecule has 0 aliphatic heterocycles. The molecule has 0 radical (unpaired) electrons. The van der Waals surface area contributed by atoms with Gasteiger partial charge in [-0.05, 0) is 48.8 Å². The average Bonchev–Trinajstić information content (AvgIpc) is 3.44. The molecule has 142 valence electrons. The van der Waals surface area contributed by atoms with Crippen LogP contribution in [0.2, 0.25) is 0 Å². The predicted molar refractivity (Wildman–Crippen MR) is 103 cm³/mol. The summed E-state index contributed by atoms with van der Waals surface area (Å²) in [6.07, 6.45) is 9.04. The summed E-state index contributed by atoms with van der Waals surface area (Å²) in [6, 6.07) is 1.56. The Balaban J connectivity index is 2.17. The molecular formula is C21H30FN3O. The third kappa shape index (κ3) is 5.61. The van der Waals surface area contributed by atoms with Crippen LogP contribution in [0.5, 0.6) is 0 Å². The van der Waals surface area contributed by atoms with Gasteiger partial charge in [-0.1, -0.05) is 33.3 Å². The van der Waals surface area contributed by atoms with Gasteiger partial charge in [0.15, 0.2) is 0 Å². The zero-order valence-electron chi connectivity index (χ0n) is 15.9. The predicted octanol–water partition coefficient (Wildman–Crippen LogP) is 4.78. The van der Waals surface area contributed by atoms with Crippen LogP contribution < -0.4 is 11.5 Å². The molecule has 26 heavy (non-hydrogen) atoms. The van der Waals surface area contributed by atoms with Gasteiger partial charge in [0, 0.05) is 18.0 Å². The second-order valence-corrected chi connectivity index (χ2v) is 6.86. The quantitative estimate of drug-likeness (QED) is 0.465. The maximum atomic E-state index is 14.3. The molecule has 0 unspecified atom stereocenters. The summed E-state index contributed by atoms with van der Waals surface area (Å²) in [5, 5.41) is 0. The molecule has 0 aromatic carbocycles. The highest BCUT2D eigenvalue weighted by molar-refractivity contribution is 5.34. The van der Waals surface area contributed by atoms with Crippen molar-refractivity contribution in [3.05, 3.63) is 64.7 Å². The van der Waals surface area contributed by atoms with Crippen LogP contribution in [0.4, 0.5) is 4.39 Å². The van der Waals surface area contributed by atoms with E-state index in [1.54, 1.807) is 18.3 Å². The van der Waals surface area contributed by atoms with Crippen LogP contribution in [-0.4, -0.2) is 4.98 Å². The van der Waals surface area contributed by atoms with Crippen molar-refractivity contribution in [1.29, 1.82) is 0 Å². The van der Waals surface area contributed by atoms with Crippen molar-refractivity contribution in [2.75, 3.05) is 0 Å². The number of rotatable bonds is 10. The molecule has 1 aliphatic carbocycles. The normalized spacial score (nSPS) is 15.6. The first-order valence-electron chi connectivity index (χ1n) is 9.37. The minimum Gasteiger partial charge on any atom is -0.485 e. The van der Waals surface area contributed by atoms with Crippen LogP contribution >= 0.6 is 0 Å². The third-order valence-electron chi connectivity index (χ3n) is 4.40. The molecule has 1 fully saturated rings. The Bertz CT molecular complexity index is 705. The first-order chi connectivity index (χ1) is 12.5. The lowest BCUT2D eigenvalue weighted by Crippen LogP contribution is -2.10. The van der Waals surface area contributed by atoms with Crippen molar-refractivity contribution < 1.29 is 9.13 Å². The summed E-state index contributed by atoms with van der Waals surface area (Å²) in [7, 11) is 0. The minimum absolute atomic E-state index is 0.00211. The standard InChI is InChI=1S/C21H30FN3O/c1-4-6-14(3)21(24)20(11-17(23)7-5-2)26-13-19-18(22)10-16(12-25-19)15-8-9-15/h10-12,15H,3-9,13,23-24H2,1-2H3/b17-11+,21-20-. The monoisotopic (exact) mass is 359 g/mol. The fourth-order valence-electron chi connectivity index (χ4n) is 2.71. The molecule has 1 aromatic heterocycles. The molecule has 1 aliphatic rings. The summed E-state index contributed by atoms with van der Waals surface area (Å²) in [5.74, 6) is 0.555. The summed E-state index contributed by atoms with van der Waals surface area (Å²) in [4.78, 5) is 4.23. The molecule has 0 amide bonds. The second-order valence-electron chi connectivity index (χ2n) is 6.86. The Labute approximate surface area is 155 Å². The first-order valence-corrected chi connectivity index (χ1v) is 9.37. The number of ether oxygens (including phenoxy) is 1. The second kappa shape index (κ2) is 9.41. The van der Waals surface area contributed by atoms with Gasteiger partial charge in [0.1, 0.15) is 23.9 Å². The number of hydrogen-bond acceptors (Lipinski definition) is 4. The van der Waals surface area contributed by atoms with Crippen LogP contribution in [0.1, 0.15) is 69.5 Å². The largest absolute Gasteiger partial charge is 0.485 e. The highest BCUT2D eigenvalue weighted by Gasteiger charge is 2.24. The molecule has 1 heterocycles. The zero-order valence-corrected chi connectivity index (χ0v) is 15.9. The highest BCUT2D eigenvalue weighted by atomic mass is 19.1. The molecule has 4 nitrogen and oxygen atoms in total. The van der Waals surface area contributed by atoms with Crippen LogP contribution in [0.3, 0.4) is 0 Å². The lowest BCUT2D eigenvalue weighted by molar-refractivity contribution is 0.199. The van der Waals surface area contributed by atoms with Gasteiger partial charge in [-0.2, -0.15) is 0 Å².